The first-order valence-electron chi connectivity index (χ1n) is 4.30. The highest BCUT2D eigenvalue weighted by molar-refractivity contribution is 5.93. The number of nitro groups is 1. The lowest BCUT2D eigenvalue weighted by Gasteiger charge is -2.09. The molecule has 1 rings (SSSR count). The van der Waals surface area contributed by atoms with Gasteiger partial charge in [0.15, 0.2) is 0 Å². The Morgan fingerprint density at radius 2 is 2.12 bits per heavy atom. The van der Waals surface area contributed by atoms with Crippen molar-refractivity contribution in [2.24, 2.45) is 0 Å². The Balaban J connectivity index is 3.47. The molecule has 0 unspecified atom stereocenters. The molecule has 0 radical (unpaired) electrons. The summed E-state index contributed by atoms with van der Waals surface area (Å²) in [6.45, 7) is -1.93. The van der Waals surface area contributed by atoms with Gasteiger partial charge in [0.2, 0.25) is 5.75 Å². The van der Waals surface area contributed by atoms with Crippen LogP contribution in [0.5, 0.6) is 5.75 Å². The van der Waals surface area contributed by atoms with Gasteiger partial charge in [-0.2, -0.15) is 8.78 Å². The maximum Gasteiger partial charge on any atom is 0.387 e. The van der Waals surface area contributed by atoms with E-state index < -0.39 is 34.5 Å². The zero-order valence-corrected chi connectivity index (χ0v) is 8.52. The molecule has 0 amide bonds. The van der Waals surface area contributed by atoms with E-state index in [0.717, 1.165) is 12.1 Å². The minimum Gasteiger partial charge on any atom is -0.478 e. The lowest BCUT2D eigenvalue weighted by Crippen LogP contribution is -2.10. The van der Waals surface area contributed by atoms with E-state index in [-0.39, 0.29) is 5.56 Å². The second-order valence-corrected chi connectivity index (χ2v) is 3.10. The molecule has 8 heteroatoms. The number of carbonyl (C=O) groups is 1. The molecule has 92 valence electrons. The number of halogens is 2. The van der Waals surface area contributed by atoms with Crippen LogP contribution >= 0.6 is 0 Å². The summed E-state index contributed by atoms with van der Waals surface area (Å²) in [5.41, 5.74) is -1.21. The van der Waals surface area contributed by atoms with Gasteiger partial charge in [-0.25, -0.2) is 4.79 Å². The van der Waals surface area contributed by atoms with Gasteiger partial charge in [0.05, 0.1) is 4.92 Å². The normalized spacial score (nSPS) is 10.4. The molecule has 0 fully saturated rings. The first-order chi connectivity index (χ1) is 7.82. The molecule has 1 aromatic carbocycles. The van der Waals surface area contributed by atoms with Crippen molar-refractivity contribution in [2.75, 3.05) is 0 Å². The van der Waals surface area contributed by atoms with E-state index in [1.807, 2.05) is 0 Å². The van der Waals surface area contributed by atoms with Crippen molar-refractivity contribution < 1.29 is 28.3 Å². The fraction of sp³-hybridized carbons (Fsp3) is 0.222. The molecule has 0 saturated carbocycles. The summed E-state index contributed by atoms with van der Waals surface area (Å²) in [7, 11) is 0. The zero-order valence-electron chi connectivity index (χ0n) is 8.52. The second-order valence-electron chi connectivity index (χ2n) is 3.10. The summed E-state index contributed by atoms with van der Waals surface area (Å²) in [6, 6.07) is 1.98. The second kappa shape index (κ2) is 4.73. The van der Waals surface area contributed by atoms with Crippen LogP contribution in [0.25, 0.3) is 0 Å². The summed E-state index contributed by atoms with van der Waals surface area (Å²) in [6.07, 6.45) is 0. The first-order valence-corrected chi connectivity index (χ1v) is 4.30. The van der Waals surface area contributed by atoms with Crippen LogP contribution in [0.15, 0.2) is 12.1 Å². The Morgan fingerprint density at radius 3 is 2.53 bits per heavy atom. The number of hydrogen-bond donors (Lipinski definition) is 1. The lowest BCUT2D eigenvalue weighted by molar-refractivity contribution is -0.386. The van der Waals surface area contributed by atoms with Crippen LogP contribution in [0, 0.1) is 17.0 Å². The fourth-order valence-electron chi connectivity index (χ4n) is 1.26. The number of rotatable bonds is 4. The monoisotopic (exact) mass is 247 g/mol. The van der Waals surface area contributed by atoms with E-state index in [1.165, 1.54) is 6.92 Å². The van der Waals surface area contributed by atoms with Gasteiger partial charge >= 0.3 is 18.3 Å². The molecular formula is C9H7F2NO5. The largest absolute Gasteiger partial charge is 0.478 e. The van der Waals surface area contributed by atoms with Gasteiger partial charge in [0, 0.05) is 6.07 Å². The Bertz CT molecular complexity index is 439. The summed E-state index contributed by atoms with van der Waals surface area (Å²) < 4.78 is 28.0. The highest BCUT2D eigenvalue weighted by Crippen LogP contribution is 2.33. The van der Waals surface area contributed by atoms with Crippen molar-refractivity contribution in [1.82, 2.24) is 0 Å². The molecule has 0 heterocycles. The van der Waals surface area contributed by atoms with E-state index in [0.29, 0.717) is 0 Å². The number of aryl methyl sites for hydroxylation is 1. The molecule has 0 aliphatic rings. The molecule has 0 atom stereocenters. The minimum absolute atomic E-state index is 0.260. The fourth-order valence-corrected chi connectivity index (χ4v) is 1.26. The van der Waals surface area contributed by atoms with Crippen molar-refractivity contribution in [1.29, 1.82) is 0 Å². The van der Waals surface area contributed by atoms with Crippen molar-refractivity contribution >= 4 is 11.7 Å². The Hall–Kier alpha value is -2.25. The Labute approximate surface area is 93.6 Å². The van der Waals surface area contributed by atoms with Crippen LogP contribution in [0.4, 0.5) is 14.5 Å². The van der Waals surface area contributed by atoms with Gasteiger partial charge < -0.3 is 9.84 Å². The van der Waals surface area contributed by atoms with E-state index >= 15 is 0 Å². The van der Waals surface area contributed by atoms with Gasteiger partial charge in [-0.05, 0) is 18.6 Å². The van der Waals surface area contributed by atoms with Crippen LogP contribution in [0.1, 0.15) is 15.9 Å². The van der Waals surface area contributed by atoms with Crippen LogP contribution < -0.4 is 4.74 Å². The molecule has 0 spiro atoms. The average Bonchev–Trinajstić information content (AvgIpc) is 2.18. The van der Waals surface area contributed by atoms with Crippen LogP contribution in [0.3, 0.4) is 0 Å². The summed E-state index contributed by atoms with van der Waals surface area (Å²) in [5, 5.41) is 19.4. The third-order valence-electron chi connectivity index (χ3n) is 1.85. The average molecular weight is 247 g/mol. The van der Waals surface area contributed by atoms with Gasteiger partial charge in [-0.1, -0.05) is 0 Å². The molecule has 1 aromatic rings. The number of alkyl halides is 2. The van der Waals surface area contributed by atoms with Crippen molar-refractivity contribution in [3.8, 4) is 5.75 Å². The molecule has 0 bridgehead atoms. The Kier molecular flexibility index (Phi) is 3.56. The topological polar surface area (TPSA) is 89.7 Å². The molecule has 1 N–H and O–H groups in total. The van der Waals surface area contributed by atoms with E-state index in [2.05, 4.69) is 4.74 Å². The predicted molar refractivity (Wildman–Crippen MR) is 51.4 cm³/mol. The third kappa shape index (κ3) is 2.86. The quantitative estimate of drug-likeness (QED) is 0.650. The first kappa shape index (κ1) is 12.8. The SMILES string of the molecule is Cc1cc(C(=O)O)c(OC(F)F)c([N+](=O)[O-])c1. The standard InChI is InChI=1S/C9H7F2NO5/c1-4-2-5(8(13)14)7(17-9(10)11)6(3-4)12(15)16/h2-3,9H,1H3,(H,13,14). The molecule has 0 aromatic heterocycles. The summed E-state index contributed by atoms with van der Waals surface area (Å²) in [4.78, 5) is 20.4. The van der Waals surface area contributed by atoms with Crippen molar-refractivity contribution in [2.45, 2.75) is 13.5 Å². The number of ether oxygens (including phenoxy) is 1. The molecule has 0 saturated heterocycles. The Morgan fingerprint density at radius 1 is 1.53 bits per heavy atom. The predicted octanol–water partition coefficient (Wildman–Crippen LogP) is 2.20. The number of aromatic carboxylic acids is 1. The lowest BCUT2D eigenvalue weighted by atomic mass is 10.1. The number of carboxylic acid groups (broad SMARTS) is 1. The van der Waals surface area contributed by atoms with Crippen molar-refractivity contribution in [3.05, 3.63) is 33.4 Å². The molecule has 0 aliphatic carbocycles. The third-order valence-corrected chi connectivity index (χ3v) is 1.85. The maximum absolute atomic E-state index is 12.1. The molecule has 6 nitrogen and oxygen atoms in total. The number of nitro benzene ring substituents is 1. The van der Waals surface area contributed by atoms with Crippen LogP contribution in [-0.2, 0) is 0 Å². The molecule has 17 heavy (non-hydrogen) atoms. The van der Waals surface area contributed by atoms with Gasteiger partial charge in [0.1, 0.15) is 5.56 Å². The zero-order chi connectivity index (χ0) is 13.2. The van der Waals surface area contributed by atoms with E-state index in [1.54, 1.807) is 0 Å². The number of hydrogen-bond acceptors (Lipinski definition) is 4. The highest BCUT2D eigenvalue weighted by Gasteiger charge is 2.26. The minimum atomic E-state index is -3.34. The maximum atomic E-state index is 12.1. The summed E-state index contributed by atoms with van der Waals surface area (Å²) in [5.74, 6) is -2.52. The van der Waals surface area contributed by atoms with Gasteiger partial charge in [-0.15, -0.1) is 0 Å². The number of nitrogens with zero attached hydrogens (tertiary/aromatic N) is 1. The van der Waals surface area contributed by atoms with Crippen LogP contribution in [-0.4, -0.2) is 22.6 Å². The number of benzene rings is 1. The molecule has 0 aliphatic heterocycles. The molecular weight excluding hydrogens is 240 g/mol. The van der Waals surface area contributed by atoms with E-state index in [9.17, 15) is 23.7 Å². The highest BCUT2D eigenvalue weighted by atomic mass is 19.3. The van der Waals surface area contributed by atoms with Gasteiger partial charge in [-0.3, -0.25) is 10.1 Å². The van der Waals surface area contributed by atoms with Crippen LogP contribution in [0.2, 0.25) is 0 Å². The van der Waals surface area contributed by atoms with Crippen molar-refractivity contribution in [3.63, 3.8) is 0 Å². The number of carboxylic acids is 1. The summed E-state index contributed by atoms with van der Waals surface area (Å²) >= 11 is 0. The smallest absolute Gasteiger partial charge is 0.387 e. The van der Waals surface area contributed by atoms with Gasteiger partial charge in [0.25, 0.3) is 0 Å². The van der Waals surface area contributed by atoms with E-state index in [4.69, 9.17) is 5.11 Å².